The Morgan fingerprint density at radius 3 is 2.45 bits per heavy atom. The zero-order valence-electron chi connectivity index (χ0n) is 13.5. The molecule has 2 unspecified atom stereocenters. The molecule has 0 spiro atoms. The van der Waals surface area contributed by atoms with E-state index in [1.807, 2.05) is 6.07 Å². The number of ether oxygens (including phenoxy) is 1. The van der Waals surface area contributed by atoms with Gasteiger partial charge >= 0.3 is 0 Å². The quantitative estimate of drug-likeness (QED) is 0.717. The van der Waals surface area contributed by atoms with Crippen molar-refractivity contribution in [3.8, 4) is 0 Å². The first-order valence-corrected chi connectivity index (χ1v) is 7.91. The van der Waals surface area contributed by atoms with Crippen molar-refractivity contribution in [1.29, 1.82) is 0 Å². The summed E-state index contributed by atoms with van der Waals surface area (Å²) >= 11 is 0. The van der Waals surface area contributed by atoms with Crippen LogP contribution in [0.15, 0.2) is 18.2 Å². The molecule has 0 amide bonds. The van der Waals surface area contributed by atoms with Crippen molar-refractivity contribution >= 4 is 0 Å². The number of hydrogen-bond donors (Lipinski definition) is 1. The van der Waals surface area contributed by atoms with Gasteiger partial charge in [-0.3, -0.25) is 0 Å². The van der Waals surface area contributed by atoms with Crippen molar-refractivity contribution in [1.82, 2.24) is 0 Å². The first-order chi connectivity index (χ1) is 9.58. The Kier molecular flexibility index (Phi) is 7.86. The number of unbranched alkanes of at least 4 members (excludes halogenated alkanes) is 1. The van der Waals surface area contributed by atoms with Gasteiger partial charge in [-0.15, -0.1) is 0 Å². The molecule has 2 heteroatoms. The maximum absolute atomic E-state index is 10.2. The van der Waals surface area contributed by atoms with Crippen LogP contribution in [0.2, 0.25) is 0 Å². The Morgan fingerprint density at radius 2 is 1.85 bits per heavy atom. The molecule has 1 rings (SSSR count). The lowest BCUT2D eigenvalue weighted by Gasteiger charge is -2.17. The minimum atomic E-state index is -0.516. The van der Waals surface area contributed by atoms with Gasteiger partial charge in [0.2, 0.25) is 0 Å². The summed E-state index contributed by atoms with van der Waals surface area (Å²) in [6, 6.07) is 6.10. The van der Waals surface area contributed by atoms with Crippen LogP contribution in [-0.4, -0.2) is 18.3 Å². The summed E-state index contributed by atoms with van der Waals surface area (Å²) < 4.78 is 5.72. The molecule has 0 aliphatic heterocycles. The van der Waals surface area contributed by atoms with Crippen molar-refractivity contribution in [3.63, 3.8) is 0 Å². The fourth-order valence-electron chi connectivity index (χ4n) is 2.31. The molecule has 2 atom stereocenters. The van der Waals surface area contributed by atoms with Gasteiger partial charge in [0.15, 0.2) is 0 Å². The van der Waals surface area contributed by atoms with Crippen molar-refractivity contribution in [3.05, 3.63) is 34.9 Å². The molecule has 0 aliphatic carbocycles. The predicted octanol–water partition coefficient (Wildman–Crippen LogP) is 4.57. The summed E-state index contributed by atoms with van der Waals surface area (Å²) in [7, 11) is 0. The smallest absolute Gasteiger partial charge is 0.102 e. The molecule has 0 heterocycles. The Hall–Kier alpha value is -0.860. The second-order valence-corrected chi connectivity index (χ2v) is 5.81. The van der Waals surface area contributed by atoms with E-state index < -0.39 is 6.10 Å². The zero-order valence-corrected chi connectivity index (χ0v) is 13.5. The molecule has 1 aromatic carbocycles. The highest BCUT2D eigenvalue weighted by atomic mass is 16.5. The number of aliphatic hydroxyl groups is 1. The standard InChI is InChI=1S/C18H30O2/c1-5-7-8-16(6-2)12-20-13-18(19)17-10-9-14(3)15(4)11-17/h9-11,16,18-19H,5-8,12-13H2,1-4H3. The molecule has 1 N–H and O–H groups in total. The van der Waals surface area contributed by atoms with Crippen molar-refractivity contribution in [2.24, 2.45) is 5.92 Å². The van der Waals surface area contributed by atoms with Gasteiger partial charge in [-0.05, 0) is 42.9 Å². The molecule has 114 valence electrons. The third-order valence-electron chi connectivity index (χ3n) is 4.09. The lowest BCUT2D eigenvalue weighted by atomic mass is 10.0. The average molecular weight is 278 g/mol. The Balaban J connectivity index is 2.38. The highest BCUT2D eigenvalue weighted by molar-refractivity contribution is 5.31. The fraction of sp³-hybridized carbons (Fsp3) is 0.667. The van der Waals surface area contributed by atoms with Gasteiger partial charge in [-0.1, -0.05) is 51.3 Å². The number of benzene rings is 1. The monoisotopic (exact) mass is 278 g/mol. The van der Waals surface area contributed by atoms with Crippen LogP contribution in [0.4, 0.5) is 0 Å². The van der Waals surface area contributed by atoms with Gasteiger partial charge in [0.25, 0.3) is 0 Å². The van der Waals surface area contributed by atoms with Crippen LogP contribution >= 0.6 is 0 Å². The molecule has 2 nitrogen and oxygen atoms in total. The third-order valence-corrected chi connectivity index (χ3v) is 4.09. The average Bonchev–Trinajstić information content (AvgIpc) is 2.45. The first-order valence-electron chi connectivity index (χ1n) is 7.91. The molecule has 20 heavy (non-hydrogen) atoms. The minimum Gasteiger partial charge on any atom is -0.386 e. The fourth-order valence-corrected chi connectivity index (χ4v) is 2.31. The molecule has 0 aromatic heterocycles. The van der Waals surface area contributed by atoms with E-state index in [1.54, 1.807) is 0 Å². The molecular formula is C18H30O2. The van der Waals surface area contributed by atoms with Crippen LogP contribution in [0.25, 0.3) is 0 Å². The summed E-state index contributed by atoms with van der Waals surface area (Å²) in [6.07, 6.45) is 4.37. The van der Waals surface area contributed by atoms with E-state index >= 15 is 0 Å². The van der Waals surface area contributed by atoms with E-state index in [0.717, 1.165) is 18.6 Å². The molecule has 0 aliphatic rings. The van der Waals surface area contributed by atoms with Gasteiger partial charge in [-0.2, -0.15) is 0 Å². The van der Waals surface area contributed by atoms with Crippen LogP contribution in [-0.2, 0) is 4.74 Å². The molecular weight excluding hydrogens is 248 g/mol. The maximum atomic E-state index is 10.2. The Labute approximate surface area is 124 Å². The predicted molar refractivity (Wildman–Crippen MR) is 85.0 cm³/mol. The molecule has 0 fully saturated rings. The molecule has 0 bridgehead atoms. The highest BCUT2D eigenvalue weighted by Gasteiger charge is 2.11. The summed E-state index contributed by atoms with van der Waals surface area (Å²) in [5.41, 5.74) is 3.43. The van der Waals surface area contributed by atoms with Gasteiger partial charge < -0.3 is 9.84 Å². The van der Waals surface area contributed by atoms with Gasteiger partial charge in [-0.25, -0.2) is 0 Å². The van der Waals surface area contributed by atoms with Crippen LogP contribution in [0, 0.1) is 19.8 Å². The molecule has 1 aromatic rings. The first kappa shape index (κ1) is 17.2. The number of rotatable bonds is 9. The van der Waals surface area contributed by atoms with Gasteiger partial charge in [0.1, 0.15) is 6.10 Å². The second-order valence-electron chi connectivity index (χ2n) is 5.81. The van der Waals surface area contributed by atoms with Gasteiger partial charge in [0.05, 0.1) is 6.61 Å². The van der Waals surface area contributed by atoms with E-state index in [2.05, 4.69) is 39.8 Å². The maximum Gasteiger partial charge on any atom is 0.102 e. The zero-order chi connectivity index (χ0) is 15.0. The highest BCUT2D eigenvalue weighted by Crippen LogP contribution is 2.18. The van der Waals surface area contributed by atoms with Crippen LogP contribution < -0.4 is 0 Å². The third kappa shape index (κ3) is 5.64. The number of aliphatic hydroxyl groups excluding tert-OH is 1. The van der Waals surface area contributed by atoms with Crippen LogP contribution in [0.3, 0.4) is 0 Å². The van der Waals surface area contributed by atoms with Crippen LogP contribution in [0.5, 0.6) is 0 Å². The van der Waals surface area contributed by atoms with E-state index in [0.29, 0.717) is 12.5 Å². The summed E-state index contributed by atoms with van der Waals surface area (Å²) in [5, 5.41) is 10.2. The lowest BCUT2D eigenvalue weighted by Crippen LogP contribution is -2.14. The largest absolute Gasteiger partial charge is 0.386 e. The number of hydrogen-bond acceptors (Lipinski definition) is 2. The molecule has 0 saturated heterocycles. The van der Waals surface area contributed by atoms with E-state index in [9.17, 15) is 5.11 Å². The van der Waals surface area contributed by atoms with Crippen LogP contribution in [0.1, 0.15) is 62.3 Å². The molecule has 0 saturated carbocycles. The van der Waals surface area contributed by atoms with Crippen molar-refractivity contribution < 1.29 is 9.84 Å². The van der Waals surface area contributed by atoms with Crippen molar-refractivity contribution in [2.75, 3.05) is 13.2 Å². The Bertz CT molecular complexity index is 387. The summed E-state index contributed by atoms with van der Waals surface area (Å²) in [4.78, 5) is 0. The Morgan fingerprint density at radius 1 is 1.10 bits per heavy atom. The van der Waals surface area contributed by atoms with Gasteiger partial charge in [0, 0.05) is 6.61 Å². The molecule has 0 radical (unpaired) electrons. The lowest BCUT2D eigenvalue weighted by molar-refractivity contribution is 0.0181. The van der Waals surface area contributed by atoms with Crippen molar-refractivity contribution in [2.45, 2.75) is 59.5 Å². The van der Waals surface area contributed by atoms with E-state index in [4.69, 9.17) is 4.74 Å². The van der Waals surface area contributed by atoms with E-state index in [1.165, 1.54) is 30.4 Å². The topological polar surface area (TPSA) is 29.5 Å². The second kappa shape index (κ2) is 9.15. The summed E-state index contributed by atoms with van der Waals surface area (Å²) in [5.74, 6) is 0.627. The SMILES string of the molecule is CCCCC(CC)COCC(O)c1ccc(C)c(C)c1. The van der Waals surface area contributed by atoms with E-state index in [-0.39, 0.29) is 0 Å². The normalized spacial score (nSPS) is 14.2. The summed E-state index contributed by atoms with van der Waals surface area (Å²) in [6.45, 7) is 9.75. The minimum absolute atomic E-state index is 0.394. The number of aryl methyl sites for hydroxylation is 2.